The summed E-state index contributed by atoms with van der Waals surface area (Å²) in [7, 11) is 0. The average molecular weight is 231 g/mol. The summed E-state index contributed by atoms with van der Waals surface area (Å²) in [6.07, 6.45) is 0. The van der Waals surface area contributed by atoms with Crippen molar-refractivity contribution in [3.05, 3.63) is 22.3 Å². The van der Waals surface area contributed by atoms with Gasteiger partial charge in [0.1, 0.15) is 0 Å². The van der Waals surface area contributed by atoms with Crippen molar-refractivity contribution in [2.24, 2.45) is 0 Å². The Kier molecular flexibility index (Phi) is 2.18. The van der Waals surface area contributed by atoms with Crippen LogP contribution in [0.15, 0.2) is 22.3 Å². The molecule has 0 unspecified atom stereocenters. The van der Waals surface area contributed by atoms with Gasteiger partial charge in [-0.15, -0.1) is 0 Å². The third-order valence-electron chi connectivity index (χ3n) is 3.12. The normalized spacial score (nSPS) is 23.4. The van der Waals surface area contributed by atoms with Gasteiger partial charge in [-0.1, -0.05) is 0 Å². The summed E-state index contributed by atoms with van der Waals surface area (Å²) in [5.74, 6) is 0. The van der Waals surface area contributed by atoms with E-state index in [1.165, 1.54) is 22.3 Å². The Hall–Kier alpha value is 0.168. The zero-order chi connectivity index (χ0) is 8.81. The summed E-state index contributed by atoms with van der Waals surface area (Å²) in [5, 5.41) is 0. The van der Waals surface area contributed by atoms with Crippen molar-refractivity contribution in [3.63, 3.8) is 0 Å². The van der Waals surface area contributed by atoms with Crippen LogP contribution in [0.5, 0.6) is 0 Å². The van der Waals surface area contributed by atoms with E-state index in [-0.39, 0.29) is 0 Å². The van der Waals surface area contributed by atoms with Gasteiger partial charge in [0.05, 0.1) is 0 Å². The van der Waals surface area contributed by atoms with Crippen LogP contribution >= 0.6 is 0 Å². The van der Waals surface area contributed by atoms with Gasteiger partial charge in [-0.2, -0.15) is 0 Å². The first-order valence-corrected chi connectivity index (χ1v) is 4.96. The van der Waals surface area contributed by atoms with E-state index in [2.05, 4.69) is 54.4 Å². The zero-order valence-electron chi connectivity index (χ0n) is 7.91. The fourth-order valence-corrected chi connectivity index (χ4v) is 2.31. The predicted octanol–water partition coefficient (Wildman–Crippen LogP) is 3.40. The molecule has 61 valence electrons. The first kappa shape index (κ1) is 9.26. The van der Waals surface area contributed by atoms with Crippen molar-refractivity contribution in [1.82, 2.24) is 0 Å². The van der Waals surface area contributed by atoms with Gasteiger partial charge in [0.15, 0.2) is 0 Å². The second-order valence-corrected chi connectivity index (χ2v) is 5.54. The van der Waals surface area contributed by atoms with E-state index in [4.69, 9.17) is 0 Å². The molecule has 0 fully saturated rings. The minimum absolute atomic E-state index is 0.324. The molecule has 0 saturated heterocycles. The molecule has 0 heterocycles. The molecular formula is C10H15Mo. The van der Waals surface area contributed by atoms with Crippen molar-refractivity contribution in [1.29, 1.82) is 0 Å². The van der Waals surface area contributed by atoms with Crippen molar-refractivity contribution < 1.29 is 19.8 Å². The van der Waals surface area contributed by atoms with Gasteiger partial charge < -0.3 is 0 Å². The number of hydrogen-bond acceptors (Lipinski definition) is 0. The second kappa shape index (κ2) is 2.59. The average Bonchev–Trinajstić information content (AvgIpc) is 2.06. The van der Waals surface area contributed by atoms with Crippen LogP contribution in [0, 0.1) is 0 Å². The molecule has 1 aliphatic carbocycles. The zero-order valence-corrected chi connectivity index (χ0v) is 9.92. The van der Waals surface area contributed by atoms with E-state index in [0.29, 0.717) is 3.80 Å². The van der Waals surface area contributed by atoms with Crippen LogP contribution in [0.4, 0.5) is 0 Å². The number of rotatable bonds is 0. The molecule has 11 heavy (non-hydrogen) atoms. The van der Waals surface area contributed by atoms with Gasteiger partial charge >= 0.3 is 80.5 Å². The number of allylic oxidation sites excluding steroid dienone is 4. The van der Waals surface area contributed by atoms with Gasteiger partial charge in [-0.3, -0.25) is 0 Å². The van der Waals surface area contributed by atoms with Crippen LogP contribution in [0.3, 0.4) is 0 Å². The Labute approximate surface area is 80.7 Å². The Morgan fingerprint density at radius 3 is 1.27 bits per heavy atom. The summed E-state index contributed by atoms with van der Waals surface area (Å²) in [6, 6.07) is 0. The van der Waals surface area contributed by atoms with Crippen molar-refractivity contribution in [3.8, 4) is 0 Å². The molecule has 0 aliphatic heterocycles. The maximum absolute atomic E-state index is 2.31. The Balaban J connectivity index is 3.27. The molecule has 0 saturated carbocycles. The molecular weight excluding hydrogens is 216 g/mol. The van der Waals surface area contributed by atoms with E-state index in [9.17, 15) is 0 Å². The van der Waals surface area contributed by atoms with E-state index in [1.54, 1.807) is 0 Å². The standard InChI is InChI=1S/C10H15.Mo/c1-6-7(2)9(4)10(5)8(6)3;/h1-5H3;. The van der Waals surface area contributed by atoms with Gasteiger partial charge in [-0.25, -0.2) is 0 Å². The van der Waals surface area contributed by atoms with Crippen LogP contribution in [-0.4, -0.2) is 0 Å². The molecule has 0 radical (unpaired) electrons. The van der Waals surface area contributed by atoms with Gasteiger partial charge in [0, 0.05) is 0 Å². The quantitative estimate of drug-likeness (QED) is 0.560. The molecule has 1 aliphatic rings. The van der Waals surface area contributed by atoms with Gasteiger partial charge in [-0.05, 0) is 0 Å². The first-order valence-electron chi connectivity index (χ1n) is 3.95. The van der Waals surface area contributed by atoms with E-state index >= 15 is 0 Å². The van der Waals surface area contributed by atoms with Crippen LogP contribution in [0.25, 0.3) is 0 Å². The fourth-order valence-electron chi connectivity index (χ4n) is 1.56. The molecule has 0 amide bonds. The fraction of sp³-hybridized carbons (Fsp3) is 0.600. The minimum atomic E-state index is 0.324. The van der Waals surface area contributed by atoms with Crippen LogP contribution in [0.2, 0.25) is 3.80 Å². The summed E-state index contributed by atoms with van der Waals surface area (Å²) >= 11 is 2.23. The molecule has 0 aromatic rings. The summed E-state index contributed by atoms with van der Waals surface area (Å²) in [4.78, 5) is 0. The Morgan fingerprint density at radius 2 is 1.18 bits per heavy atom. The number of hydrogen-bond donors (Lipinski definition) is 0. The van der Waals surface area contributed by atoms with E-state index in [1.807, 2.05) is 0 Å². The SMILES string of the molecule is CC1=C(C)[C](C)([Mo])C(C)=C1C. The second-order valence-electron chi connectivity index (χ2n) is 3.53. The molecule has 0 aromatic heterocycles. The van der Waals surface area contributed by atoms with E-state index < -0.39 is 0 Å². The molecule has 0 spiro atoms. The Morgan fingerprint density at radius 1 is 0.909 bits per heavy atom. The van der Waals surface area contributed by atoms with E-state index in [0.717, 1.165) is 0 Å². The molecule has 0 aromatic carbocycles. The van der Waals surface area contributed by atoms with Crippen molar-refractivity contribution in [2.75, 3.05) is 0 Å². The predicted molar refractivity (Wildman–Crippen MR) is 45.1 cm³/mol. The molecule has 0 N–H and O–H groups in total. The summed E-state index contributed by atoms with van der Waals surface area (Å²) in [6.45, 7) is 11.3. The summed E-state index contributed by atoms with van der Waals surface area (Å²) in [5.41, 5.74) is 6.07. The molecule has 0 atom stereocenters. The van der Waals surface area contributed by atoms with Gasteiger partial charge in [0.2, 0.25) is 0 Å². The third kappa shape index (κ3) is 1.16. The maximum atomic E-state index is 2.31. The third-order valence-corrected chi connectivity index (χ3v) is 4.62. The Bertz CT molecular complexity index is 228. The van der Waals surface area contributed by atoms with Crippen LogP contribution in [-0.2, 0) is 19.8 Å². The first-order chi connectivity index (χ1) is 4.89. The molecule has 0 nitrogen and oxygen atoms in total. The molecule has 0 bridgehead atoms. The topological polar surface area (TPSA) is 0 Å². The molecule has 1 rings (SSSR count). The molecule has 1 heteroatoms. The van der Waals surface area contributed by atoms with Crippen LogP contribution in [0.1, 0.15) is 34.6 Å². The summed E-state index contributed by atoms with van der Waals surface area (Å²) < 4.78 is 0.324. The van der Waals surface area contributed by atoms with Crippen molar-refractivity contribution >= 4 is 0 Å². The monoisotopic (exact) mass is 233 g/mol. The van der Waals surface area contributed by atoms with Crippen LogP contribution < -0.4 is 0 Å². The van der Waals surface area contributed by atoms with Gasteiger partial charge in [0.25, 0.3) is 0 Å². The van der Waals surface area contributed by atoms with Crippen molar-refractivity contribution in [2.45, 2.75) is 38.4 Å².